The van der Waals surface area contributed by atoms with Crippen molar-refractivity contribution in [3.05, 3.63) is 59.1 Å². The Morgan fingerprint density at radius 1 is 1.34 bits per heavy atom. The highest BCUT2D eigenvalue weighted by atomic mass is 16.5. The van der Waals surface area contributed by atoms with Crippen LogP contribution in [0.4, 0.5) is 0 Å². The highest BCUT2D eigenvalue weighted by Gasteiger charge is 2.25. The van der Waals surface area contributed by atoms with Gasteiger partial charge in [-0.25, -0.2) is 0 Å². The minimum Gasteiger partial charge on any atom is -0.490 e. The van der Waals surface area contributed by atoms with Crippen LogP contribution >= 0.6 is 0 Å². The number of furan rings is 1. The minimum absolute atomic E-state index is 0.00874. The number of nitrogens with one attached hydrogen (secondary N) is 1. The molecule has 0 aliphatic heterocycles. The molecule has 0 saturated heterocycles. The molecule has 1 unspecified atom stereocenters. The van der Waals surface area contributed by atoms with Gasteiger partial charge in [0.2, 0.25) is 5.91 Å². The molecule has 1 aliphatic rings. The van der Waals surface area contributed by atoms with E-state index in [-0.39, 0.29) is 11.7 Å². The average molecular weight is 395 g/mol. The van der Waals surface area contributed by atoms with Crippen molar-refractivity contribution < 1.29 is 23.8 Å². The second-order valence-corrected chi connectivity index (χ2v) is 7.09. The summed E-state index contributed by atoms with van der Waals surface area (Å²) in [7, 11) is 0. The third kappa shape index (κ3) is 3.66. The summed E-state index contributed by atoms with van der Waals surface area (Å²) in [6, 6.07) is 6.13. The van der Waals surface area contributed by atoms with Crippen LogP contribution in [0.5, 0.6) is 5.75 Å². The number of aliphatic hydroxyl groups is 1. The number of ether oxygens (including phenoxy) is 1. The van der Waals surface area contributed by atoms with Crippen LogP contribution in [0.1, 0.15) is 27.2 Å². The Morgan fingerprint density at radius 2 is 2.14 bits per heavy atom. The molecule has 150 valence electrons. The summed E-state index contributed by atoms with van der Waals surface area (Å²) in [6.07, 6.45) is 5.20. The van der Waals surface area contributed by atoms with Gasteiger partial charge in [-0.2, -0.15) is 0 Å². The zero-order valence-electron chi connectivity index (χ0n) is 15.8. The Hall–Kier alpha value is -3.39. The first-order chi connectivity index (χ1) is 14.0. The molecule has 4 rings (SSSR count). The van der Waals surface area contributed by atoms with Crippen LogP contribution in [0, 0.1) is 6.92 Å². The van der Waals surface area contributed by atoms with Crippen molar-refractivity contribution in [2.24, 2.45) is 5.73 Å². The van der Waals surface area contributed by atoms with E-state index in [1.807, 2.05) is 12.3 Å². The summed E-state index contributed by atoms with van der Waals surface area (Å²) in [5, 5.41) is 12.2. The normalized spacial score (nSPS) is 16.4. The van der Waals surface area contributed by atoms with Crippen LogP contribution in [0.15, 0.2) is 41.1 Å². The smallest absolute Gasteiger partial charge is 0.256 e. The molecule has 0 bridgehead atoms. The Bertz CT molecular complexity index is 1070. The molecule has 2 amide bonds. The third-order valence-corrected chi connectivity index (χ3v) is 5.10. The van der Waals surface area contributed by atoms with Gasteiger partial charge in [-0.1, -0.05) is 0 Å². The van der Waals surface area contributed by atoms with Crippen LogP contribution in [0.25, 0.3) is 11.0 Å². The number of benzene rings is 1. The lowest BCUT2D eigenvalue weighted by Gasteiger charge is -2.14. The first-order valence-corrected chi connectivity index (χ1v) is 9.29. The summed E-state index contributed by atoms with van der Waals surface area (Å²) in [5.41, 5.74) is 8.41. The van der Waals surface area contributed by atoms with Crippen LogP contribution in [0.2, 0.25) is 0 Å². The van der Waals surface area contributed by atoms with Gasteiger partial charge in [0.15, 0.2) is 0 Å². The van der Waals surface area contributed by atoms with Crippen molar-refractivity contribution >= 4 is 22.8 Å². The maximum atomic E-state index is 12.7. The lowest BCUT2D eigenvalue weighted by Crippen LogP contribution is -2.46. The zero-order valence-corrected chi connectivity index (χ0v) is 15.8. The number of carbonyl (C=O) groups excluding carboxylic acids is 2. The maximum Gasteiger partial charge on any atom is 0.256 e. The summed E-state index contributed by atoms with van der Waals surface area (Å²) < 4.78 is 11.8. The number of hydrogen-bond donors (Lipinski definition) is 3. The molecule has 1 aliphatic carbocycles. The number of aliphatic hydroxyl groups excluding tert-OH is 1. The molecule has 1 aromatic carbocycles. The van der Waals surface area contributed by atoms with Crippen molar-refractivity contribution in [3.8, 4) is 5.75 Å². The SMILES string of the molecule is Cc1oc2ccc(OC3Cc4ccncc4C3)cc2c1C(=O)N[C@@H](CO)C(N)=O. The van der Waals surface area contributed by atoms with E-state index in [1.54, 1.807) is 31.3 Å². The molecule has 29 heavy (non-hydrogen) atoms. The number of nitrogens with zero attached hydrogens (tertiary/aromatic N) is 1. The van der Waals surface area contributed by atoms with E-state index in [2.05, 4.69) is 10.3 Å². The molecule has 2 heterocycles. The number of aromatic nitrogens is 1. The Morgan fingerprint density at radius 3 is 2.86 bits per heavy atom. The molecule has 0 fully saturated rings. The van der Waals surface area contributed by atoms with Gasteiger partial charge < -0.3 is 25.3 Å². The van der Waals surface area contributed by atoms with E-state index in [4.69, 9.17) is 14.9 Å². The molecule has 0 radical (unpaired) electrons. The number of fused-ring (bicyclic) bond motifs is 2. The molecule has 0 saturated carbocycles. The van der Waals surface area contributed by atoms with Gasteiger partial charge in [0.1, 0.15) is 29.2 Å². The van der Waals surface area contributed by atoms with Gasteiger partial charge >= 0.3 is 0 Å². The van der Waals surface area contributed by atoms with Crippen molar-refractivity contribution in [2.45, 2.75) is 31.9 Å². The summed E-state index contributed by atoms with van der Waals surface area (Å²) >= 11 is 0. The second kappa shape index (κ2) is 7.56. The van der Waals surface area contributed by atoms with Crippen LogP contribution in [0.3, 0.4) is 0 Å². The monoisotopic (exact) mass is 395 g/mol. The molecule has 8 nitrogen and oxygen atoms in total. The molecule has 8 heteroatoms. The fourth-order valence-corrected chi connectivity index (χ4v) is 3.67. The quantitative estimate of drug-likeness (QED) is 0.576. The van der Waals surface area contributed by atoms with Crippen LogP contribution < -0.4 is 15.8 Å². The van der Waals surface area contributed by atoms with Crippen molar-refractivity contribution in [1.82, 2.24) is 10.3 Å². The lowest BCUT2D eigenvalue weighted by molar-refractivity contribution is -0.120. The van der Waals surface area contributed by atoms with Gasteiger partial charge in [-0.05, 0) is 42.3 Å². The fraction of sp³-hybridized carbons (Fsp3) is 0.286. The van der Waals surface area contributed by atoms with E-state index in [1.165, 1.54) is 11.1 Å². The number of aryl methyl sites for hydroxylation is 1. The largest absolute Gasteiger partial charge is 0.490 e. The van der Waals surface area contributed by atoms with Crippen molar-refractivity contribution in [1.29, 1.82) is 0 Å². The predicted octanol–water partition coefficient (Wildman–Crippen LogP) is 1.26. The molecule has 4 N–H and O–H groups in total. The predicted molar refractivity (Wildman–Crippen MR) is 105 cm³/mol. The van der Waals surface area contributed by atoms with Gasteiger partial charge in [-0.3, -0.25) is 14.6 Å². The highest BCUT2D eigenvalue weighted by Crippen LogP contribution is 2.31. The van der Waals surface area contributed by atoms with Gasteiger partial charge in [0, 0.05) is 30.6 Å². The molecule has 0 spiro atoms. The molecule has 2 atom stereocenters. The molecular weight excluding hydrogens is 374 g/mol. The molecule has 3 aromatic rings. The van der Waals surface area contributed by atoms with E-state index >= 15 is 0 Å². The first kappa shape index (κ1) is 18.9. The topological polar surface area (TPSA) is 128 Å². The third-order valence-electron chi connectivity index (χ3n) is 5.10. The highest BCUT2D eigenvalue weighted by molar-refractivity contribution is 6.08. The zero-order chi connectivity index (χ0) is 20.5. The summed E-state index contributed by atoms with van der Waals surface area (Å²) in [5.74, 6) is -0.344. The fourth-order valence-electron chi connectivity index (χ4n) is 3.67. The number of carbonyl (C=O) groups is 2. The van der Waals surface area contributed by atoms with Gasteiger partial charge in [0.05, 0.1) is 12.2 Å². The van der Waals surface area contributed by atoms with Crippen LogP contribution in [-0.4, -0.2) is 40.7 Å². The number of nitrogens with two attached hydrogens (primary N) is 1. The van der Waals surface area contributed by atoms with E-state index in [0.717, 1.165) is 12.8 Å². The minimum atomic E-state index is -1.17. The van der Waals surface area contributed by atoms with Crippen molar-refractivity contribution in [3.63, 3.8) is 0 Å². The van der Waals surface area contributed by atoms with Crippen molar-refractivity contribution in [2.75, 3.05) is 6.61 Å². The number of primary amides is 1. The Balaban J connectivity index is 1.58. The van der Waals surface area contributed by atoms with E-state index in [9.17, 15) is 14.7 Å². The summed E-state index contributed by atoms with van der Waals surface area (Å²) in [4.78, 5) is 28.2. The summed E-state index contributed by atoms with van der Waals surface area (Å²) in [6.45, 7) is 1.08. The number of rotatable bonds is 6. The number of amides is 2. The standard InChI is InChI=1S/C21H21N3O5/c1-11-19(21(27)24-17(10-25)20(22)26)16-8-14(2-3-18(16)28-11)29-15-6-12-4-5-23-9-13(12)7-15/h2-5,8-9,15,17,25H,6-7,10H2,1H3,(H2,22,26)(H,24,27)/t15?,17-/m0/s1. The second-order valence-electron chi connectivity index (χ2n) is 7.09. The maximum absolute atomic E-state index is 12.7. The molecular formula is C21H21N3O5. The van der Waals surface area contributed by atoms with Gasteiger partial charge in [-0.15, -0.1) is 0 Å². The van der Waals surface area contributed by atoms with E-state index in [0.29, 0.717) is 22.5 Å². The average Bonchev–Trinajstić information content (AvgIpc) is 3.24. The Kier molecular flexibility index (Phi) is 4.94. The number of hydrogen-bond acceptors (Lipinski definition) is 6. The van der Waals surface area contributed by atoms with E-state index < -0.39 is 24.5 Å². The first-order valence-electron chi connectivity index (χ1n) is 9.29. The van der Waals surface area contributed by atoms with Gasteiger partial charge in [0.25, 0.3) is 5.91 Å². The number of pyridine rings is 1. The lowest BCUT2D eigenvalue weighted by atomic mass is 10.1. The molecule has 2 aromatic heterocycles. The van der Waals surface area contributed by atoms with Crippen LogP contribution in [-0.2, 0) is 17.6 Å². The Labute approximate surface area is 166 Å².